The van der Waals surface area contributed by atoms with Crippen molar-refractivity contribution in [3.8, 4) is 0 Å². The van der Waals surface area contributed by atoms with Crippen molar-refractivity contribution in [2.75, 3.05) is 32.8 Å². The van der Waals surface area contributed by atoms with Crippen molar-refractivity contribution in [3.63, 3.8) is 0 Å². The minimum Gasteiger partial charge on any atom is -0.396 e. The molecule has 2 amide bonds. The molecule has 0 unspecified atom stereocenters. The molecule has 0 aliphatic carbocycles. The Morgan fingerprint density at radius 3 is 2.65 bits per heavy atom. The molecule has 1 aromatic carbocycles. The predicted octanol–water partition coefficient (Wildman–Crippen LogP) is 1.37. The Morgan fingerprint density at radius 2 is 1.96 bits per heavy atom. The number of rotatable bonds is 6. The number of carbonyl (C=O) groups excluding carboxylic acids is 2. The first-order chi connectivity index (χ1) is 12.5. The molecule has 2 fully saturated rings. The van der Waals surface area contributed by atoms with Crippen LogP contribution in [-0.4, -0.2) is 59.5 Å². The van der Waals surface area contributed by atoms with E-state index >= 15 is 0 Å². The minimum atomic E-state index is -0.400. The number of nitrogens with two attached hydrogens (primary N) is 1. The van der Waals surface area contributed by atoms with Crippen LogP contribution >= 0.6 is 0 Å². The summed E-state index contributed by atoms with van der Waals surface area (Å²) in [5.41, 5.74) is 7.19. The highest BCUT2D eigenvalue weighted by molar-refractivity contribution is 5.92. The molecule has 2 aliphatic rings. The van der Waals surface area contributed by atoms with E-state index in [2.05, 4.69) is 4.90 Å². The van der Waals surface area contributed by atoms with Crippen molar-refractivity contribution < 1.29 is 14.7 Å². The number of benzene rings is 1. The van der Waals surface area contributed by atoms with Gasteiger partial charge in [-0.05, 0) is 49.9 Å². The first-order valence-electron chi connectivity index (χ1n) is 9.51. The molecule has 2 heterocycles. The molecule has 0 aromatic heterocycles. The fourth-order valence-corrected chi connectivity index (χ4v) is 4.38. The van der Waals surface area contributed by atoms with E-state index in [-0.39, 0.29) is 17.9 Å². The van der Waals surface area contributed by atoms with Crippen molar-refractivity contribution in [1.82, 2.24) is 9.80 Å². The monoisotopic (exact) mass is 359 g/mol. The summed E-state index contributed by atoms with van der Waals surface area (Å²) in [6.45, 7) is 4.50. The van der Waals surface area contributed by atoms with E-state index in [1.807, 2.05) is 17.0 Å². The van der Waals surface area contributed by atoms with Crippen molar-refractivity contribution in [1.29, 1.82) is 0 Å². The number of amides is 2. The SMILES string of the molecule is NC(=O)c1ccc(CN2CCC[C@]3(CCC(=O)N(CCCO)C3)C2)cc1. The predicted molar refractivity (Wildman–Crippen MR) is 99.4 cm³/mol. The molecule has 0 saturated carbocycles. The van der Waals surface area contributed by atoms with Gasteiger partial charge in [-0.25, -0.2) is 0 Å². The molecule has 3 rings (SSSR count). The lowest BCUT2D eigenvalue weighted by Gasteiger charge is -2.48. The molecule has 142 valence electrons. The van der Waals surface area contributed by atoms with Gasteiger partial charge in [-0.2, -0.15) is 0 Å². The lowest BCUT2D eigenvalue weighted by Crippen LogP contribution is -2.54. The van der Waals surface area contributed by atoms with Gasteiger partial charge >= 0.3 is 0 Å². The van der Waals surface area contributed by atoms with Crippen molar-refractivity contribution in [3.05, 3.63) is 35.4 Å². The average molecular weight is 359 g/mol. The molecule has 1 atom stereocenters. The summed E-state index contributed by atoms with van der Waals surface area (Å²) in [4.78, 5) is 27.8. The molecule has 26 heavy (non-hydrogen) atoms. The van der Waals surface area contributed by atoms with Crippen LogP contribution in [0.25, 0.3) is 0 Å². The van der Waals surface area contributed by atoms with E-state index in [9.17, 15) is 9.59 Å². The molecule has 3 N–H and O–H groups in total. The van der Waals surface area contributed by atoms with Crippen LogP contribution < -0.4 is 5.73 Å². The maximum absolute atomic E-state index is 12.2. The van der Waals surface area contributed by atoms with Crippen LogP contribution in [0.15, 0.2) is 24.3 Å². The van der Waals surface area contributed by atoms with E-state index in [4.69, 9.17) is 10.8 Å². The number of aliphatic hydroxyl groups excluding tert-OH is 1. The van der Waals surface area contributed by atoms with Crippen LogP contribution in [0, 0.1) is 5.41 Å². The fraction of sp³-hybridized carbons (Fsp3) is 0.600. The summed E-state index contributed by atoms with van der Waals surface area (Å²) in [7, 11) is 0. The number of hydrogen-bond donors (Lipinski definition) is 2. The average Bonchev–Trinajstić information content (AvgIpc) is 2.63. The molecular weight excluding hydrogens is 330 g/mol. The zero-order chi connectivity index (χ0) is 18.6. The lowest BCUT2D eigenvalue weighted by molar-refractivity contribution is -0.139. The number of carbonyl (C=O) groups is 2. The Bertz CT molecular complexity index is 646. The number of likely N-dealkylation sites (tertiary alicyclic amines) is 2. The fourth-order valence-electron chi connectivity index (χ4n) is 4.38. The van der Waals surface area contributed by atoms with Crippen LogP contribution in [0.5, 0.6) is 0 Å². The van der Waals surface area contributed by atoms with Gasteiger partial charge in [0.15, 0.2) is 0 Å². The zero-order valence-corrected chi connectivity index (χ0v) is 15.3. The maximum atomic E-state index is 12.2. The molecule has 0 radical (unpaired) electrons. The summed E-state index contributed by atoms with van der Waals surface area (Å²) >= 11 is 0. The Labute approximate surface area is 155 Å². The smallest absolute Gasteiger partial charge is 0.248 e. The first-order valence-corrected chi connectivity index (χ1v) is 9.51. The quantitative estimate of drug-likeness (QED) is 0.803. The standard InChI is InChI=1S/C20H29N3O3/c21-19(26)17-5-3-16(4-6-17)13-22-10-1-8-20(14-22)9-7-18(25)23(15-20)11-2-12-24/h3-6,24H,1-2,7-15H2,(H2,21,26)/t20-/m0/s1. The van der Waals surface area contributed by atoms with Gasteiger partial charge in [0.1, 0.15) is 0 Å². The number of hydrogen-bond acceptors (Lipinski definition) is 4. The van der Waals surface area contributed by atoms with Crippen molar-refractivity contribution in [2.24, 2.45) is 11.1 Å². The Morgan fingerprint density at radius 1 is 1.19 bits per heavy atom. The van der Waals surface area contributed by atoms with E-state index in [1.54, 1.807) is 12.1 Å². The Hall–Kier alpha value is -1.92. The second-order valence-electron chi connectivity index (χ2n) is 7.77. The van der Waals surface area contributed by atoms with Crippen LogP contribution in [0.4, 0.5) is 0 Å². The normalized spacial score (nSPS) is 24.2. The molecule has 0 bridgehead atoms. The molecule has 1 aromatic rings. The molecular formula is C20H29N3O3. The first kappa shape index (κ1) is 18.9. The second kappa shape index (κ2) is 8.18. The molecule has 1 spiro atoms. The van der Waals surface area contributed by atoms with Gasteiger partial charge < -0.3 is 15.7 Å². The number of piperidine rings is 2. The van der Waals surface area contributed by atoms with Gasteiger partial charge in [-0.1, -0.05) is 12.1 Å². The highest BCUT2D eigenvalue weighted by Gasteiger charge is 2.41. The number of primary amides is 1. The van der Waals surface area contributed by atoms with Crippen LogP contribution in [0.2, 0.25) is 0 Å². The van der Waals surface area contributed by atoms with Gasteiger partial charge in [0.2, 0.25) is 11.8 Å². The molecule has 6 nitrogen and oxygen atoms in total. The third-order valence-corrected chi connectivity index (χ3v) is 5.72. The van der Waals surface area contributed by atoms with Gasteiger partial charge in [-0.15, -0.1) is 0 Å². The molecule has 2 aliphatic heterocycles. The third-order valence-electron chi connectivity index (χ3n) is 5.72. The summed E-state index contributed by atoms with van der Waals surface area (Å²) in [5.74, 6) is -0.174. The van der Waals surface area contributed by atoms with Crippen molar-refractivity contribution >= 4 is 11.8 Å². The van der Waals surface area contributed by atoms with Crippen LogP contribution in [0.1, 0.15) is 48.0 Å². The van der Waals surface area contributed by atoms with E-state index in [1.165, 1.54) is 5.56 Å². The summed E-state index contributed by atoms with van der Waals surface area (Å²) in [6, 6.07) is 7.51. The van der Waals surface area contributed by atoms with E-state index in [0.717, 1.165) is 45.4 Å². The second-order valence-corrected chi connectivity index (χ2v) is 7.77. The molecule has 2 saturated heterocycles. The van der Waals surface area contributed by atoms with Gasteiger partial charge in [0, 0.05) is 50.2 Å². The number of nitrogens with zero attached hydrogens (tertiary/aromatic N) is 2. The maximum Gasteiger partial charge on any atom is 0.248 e. The Kier molecular flexibility index (Phi) is 5.94. The highest BCUT2D eigenvalue weighted by atomic mass is 16.3. The largest absolute Gasteiger partial charge is 0.396 e. The zero-order valence-electron chi connectivity index (χ0n) is 15.3. The van der Waals surface area contributed by atoms with Gasteiger partial charge in [0.05, 0.1) is 0 Å². The van der Waals surface area contributed by atoms with E-state index in [0.29, 0.717) is 24.9 Å². The minimum absolute atomic E-state index is 0.129. The Balaban J connectivity index is 1.62. The topological polar surface area (TPSA) is 86.9 Å². The summed E-state index contributed by atoms with van der Waals surface area (Å²) in [5, 5.41) is 9.07. The van der Waals surface area contributed by atoms with Crippen LogP contribution in [0.3, 0.4) is 0 Å². The van der Waals surface area contributed by atoms with Crippen molar-refractivity contribution in [2.45, 2.75) is 38.6 Å². The van der Waals surface area contributed by atoms with E-state index < -0.39 is 5.91 Å². The van der Waals surface area contributed by atoms with Crippen LogP contribution in [-0.2, 0) is 11.3 Å². The van der Waals surface area contributed by atoms with Gasteiger partial charge in [0.25, 0.3) is 0 Å². The van der Waals surface area contributed by atoms with Gasteiger partial charge in [-0.3, -0.25) is 14.5 Å². The molecule has 6 heteroatoms. The third kappa shape index (κ3) is 4.43. The lowest BCUT2D eigenvalue weighted by atomic mass is 9.73. The number of aliphatic hydroxyl groups is 1. The summed E-state index contributed by atoms with van der Waals surface area (Å²) in [6.07, 6.45) is 4.53. The summed E-state index contributed by atoms with van der Waals surface area (Å²) < 4.78 is 0. The highest BCUT2D eigenvalue weighted by Crippen LogP contribution is 2.39.